The highest BCUT2D eigenvalue weighted by molar-refractivity contribution is 5.59. The van der Waals surface area contributed by atoms with Crippen LogP contribution in [0, 0.1) is 5.82 Å². The fourth-order valence-corrected chi connectivity index (χ4v) is 2.11. The first kappa shape index (κ1) is 14.2. The molecule has 1 heterocycles. The Balaban J connectivity index is 1.80. The van der Waals surface area contributed by atoms with Crippen LogP contribution in [0.5, 0.6) is 0 Å². The molecule has 2 aromatic carbocycles. The Hall–Kier alpha value is -2.76. The van der Waals surface area contributed by atoms with Gasteiger partial charge in [0.1, 0.15) is 5.82 Å². The molecule has 112 valence electrons. The third-order valence-corrected chi connectivity index (χ3v) is 3.36. The van der Waals surface area contributed by atoms with Crippen molar-refractivity contribution in [3.63, 3.8) is 0 Å². The minimum Gasteiger partial charge on any atom is -0.378 e. The number of aromatic nitrogens is 4. The highest BCUT2D eigenvalue weighted by atomic mass is 19.1. The second-order valence-corrected chi connectivity index (χ2v) is 5.18. The average molecular weight is 297 g/mol. The quantitative estimate of drug-likeness (QED) is 0.742. The molecule has 0 bridgehead atoms. The van der Waals surface area contributed by atoms with Crippen LogP contribution in [-0.4, -0.2) is 34.3 Å². The molecular weight excluding hydrogens is 281 g/mol. The van der Waals surface area contributed by atoms with Gasteiger partial charge in [-0.15, -0.1) is 10.2 Å². The van der Waals surface area contributed by atoms with E-state index in [1.165, 1.54) is 10.9 Å². The molecule has 0 atom stereocenters. The van der Waals surface area contributed by atoms with E-state index in [9.17, 15) is 4.39 Å². The lowest BCUT2D eigenvalue weighted by Crippen LogP contribution is -2.08. The number of rotatable bonds is 4. The van der Waals surface area contributed by atoms with Gasteiger partial charge in [-0.3, -0.25) is 0 Å². The van der Waals surface area contributed by atoms with Gasteiger partial charge in [0.05, 0.1) is 6.54 Å². The first-order valence-electron chi connectivity index (χ1n) is 6.92. The van der Waals surface area contributed by atoms with Crippen molar-refractivity contribution in [3.8, 4) is 11.4 Å². The number of halogens is 1. The van der Waals surface area contributed by atoms with Crippen LogP contribution in [0.25, 0.3) is 11.4 Å². The summed E-state index contributed by atoms with van der Waals surface area (Å²) in [6, 6.07) is 14.5. The molecule has 0 radical (unpaired) electrons. The number of nitrogens with zero attached hydrogens (tertiary/aromatic N) is 5. The third-order valence-electron chi connectivity index (χ3n) is 3.36. The number of tetrazole rings is 1. The topological polar surface area (TPSA) is 46.8 Å². The standard InChI is InChI=1S/C16H16FN5/c1-21(2)14-9-7-12(8-10-14)16-18-20-22(19-16)11-13-5-3-4-6-15(13)17/h3-10H,11H2,1-2H3. The fourth-order valence-electron chi connectivity index (χ4n) is 2.11. The molecule has 5 nitrogen and oxygen atoms in total. The number of benzene rings is 2. The van der Waals surface area contributed by atoms with Crippen LogP contribution < -0.4 is 4.90 Å². The van der Waals surface area contributed by atoms with Gasteiger partial charge in [0, 0.05) is 30.9 Å². The van der Waals surface area contributed by atoms with Crippen LogP contribution in [-0.2, 0) is 6.54 Å². The molecule has 1 aromatic heterocycles. The Kier molecular flexibility index (Phi) is 3.82. The summed E-state index contributed by atoms with van der Waals surface area (Å²) in [4.78, 5) is 3.42. The van der Waals surface area contributed by atoms with Crippen LogP contribution in [0.2, 0.25) is 0 Å². The van der Waals surface area contributed by atoms with Crippen molar-refractivity contribution >= 4 is 5.69 Å². The SMILES string of the molecule is CN(C)c1ccc(-c2nnn(Cc3ccccc3F)n2)cc1. The van der Waals surface area contributed by atoms with Crippen LogP contribution in [0.3, 0.4) is 0 Å². The van der Waals surface area contributed by atoms with Crippen molar-refractivity contribution in [1.82, 2.24) is 20.2 Å². The van der Waals surface area contributed by atoms with E-state index in [1.54, 1.807) is 18.2 Å². The zero-order valence-electron chi connectivity index (χ0n) is 12.4. The number of hydrogen-bond acceptors (Lipinski definition) is 4. The zero-order valence-corrected chi connectivity index (χ0v) is 12.4. The summed E-state index contributed by atoms with van der Waals surface area (Å²) in [7, 11) is 3.97. The summed E-state index contributed by atoms with van der Waals surface area (Å²) in [5, 5.41) is 12.3. The summed E-state index contributed by atoms with van der Waals surface area (Å²) < 4.78 is 13.6. The Morgan fingerprint density at radius 2 is 1.77 bits per heavy atom. The highest BCUT2D eigenvalue weighted by Crippen LogP contribution is 2.18. The molecule has 3 rings (SSSR count). The maximum atomic E-state index is 13.6. The predicted octanol–water partition coefficient (Wildman–Crippen LogP) is 2.59. The Morgan fingerprint density at radius 1 is 1.05 bits per heavy atom. The summed E-state index contributed by atoms with van der Waals surface area (Å²) in [6.07, 6.45) is 0. The van der Waals surface area contributed by atoms with Gasteiger partial charge in [0.15, 0.2) is 0 Å². The molecule has 0 saturated carbocycles. The van der Waals surface area contributed by atoms with Crippen molar-refractivity contribution in [2.75, 3.05) is 19.0 Å². The van der Waals surface area contributed by atoms with Gasteiger partial charge in [-0.25, -0.2) is 4.39 Å². The van der Waals surface area contributed by atoms with Crippen molar-refractivity contribution < 1.29 is 4.39 Å². The minimum atomic E-state index is -0.267. The van der Waals surface area contributed by atoms with Crippen LogP contribution >= 0.6 is 0 Å². The van der Waals surface area contributed by atoms with Crippen molar-refractivity contribution in [1.29, 1.82) is 0 Å². The lowest BCUT2D eigenvalue weighted by molar-refractivity contribution is 0.539. The molecule has 0 saturated heterocycles. The second kappa shape index (κ2) is 5.93. The van der Waals surface area contributed by atoms with Crippen LogP contribution in [0.4, 0.5) is 10.1 Å². The summed E-state index contributed by atoms with van der Waals surface area (Å²) >= 11 is 0. The lowest BCUT2D eigenvalue weighted by Gasteiger charge is -2.11. The summed E-state index contributed by atoms with van der Waals surface area (Å²) in [5.41, 5.74) is 2.52. The van der Waals surface area contributed by atoms with Crippen LogP contribution in [0.1, 0.15) is 5.56 Å². The molecule has 22 heavy (non-hydrogen) atoms. The van der Waals surface area contributed by atoms with Gasteiger partial charge >= 0.3 is 0 Å². The van der Waals surface area contributed by atoms with Gasteiger partial charge in [-0.05, 0) is 35.5 Å². The normalized spacial score (nSPS) is 10.7. The molecule has 0 N–H and O–H groups in total. The first-order chi connectivity index (χ1) is 10.6. The largest absolute Gasteiger partial charge is 0.378 e. The second-order valence-electron chi connectivity index (χ2n) is 5.18. The molecular formula is C16H16FN5. The first-order valence-corrected chi connectivity index (χ1v) is 6.92. The van der Waals surface area contributed by atoms with E-state index in [0.29, 0.717) is 11.4 Å². The molecule has 0 aliphatic carbocycles. The molecule has 0 amide bonds. The van der Waals surface area contributed by atoms with E-state index < -0.39 is 0 Å². The highest BCUT2D eigenvalue weighted by Gasteiger charge is 2.08. The smallest absolute Gasteiger partial charge is 0.204 e. The van der Waals surface area contributed by atoms with E-state index >= 15 is 0 Å². The number of anilines is 1. The maximum absolute atomic E-state index is 13.6. The van der Waals surface area contributed by atoms with Gasteiger partial charge in [-0.2, -0.15) is 4.80 Å². The van der Waals surface area contributed by atoms with E-state index in [0.717, 1.165) is 11.3 Å². The maximum Gasteiger partial charge on any atom is 0.204 e. The van der Waals surface area contributed by atoms with Crippen molar-refractivity contribution in [2.24, 2.45) is 0 Å². The van der Waals surface area contributed by atoms with Crippen molar-refractivity contribution in [2.45, 2.75) is 6.54 Å². The van der Waals surface area contributed by atoms with Gasteiger partial charge in [-0.1, -0.05) is 18.2 Å². The molecule has 3 aromatic rings. The summed E-state index contributed by atoms with van der Waals surface area (Å²) in [5.74, 6) is 0.262. The Bertz CT molecular complexity index is 764. The molecule has 0 unspecified atom stereocenters. The van der Waals surface area contributed by atoms with E-state index in [2.05, 4.69) is 15.4 Å². The molecule has 0 aliphatic rings. The average Bonchev–Trinajstić information content (AvgIpc) is 2.98. The van der Waals surface area contributed by atoms with Crippen molar-refractivity contribution in [3.05, 3.63) is 59.9 Å². The van der Waals surface area contributed by atoms with E-state index in [1.807, 2.05) is 43.3 Å². The predicted molar refractivity (Wildman–Crippen MR) is 83.1 cm³/mol. The lowest BCUT2D eigenvalue weighted by atomic mass is 10.2. The minimum absolute atomic E-state index is 0.259. The fraction of sp³-hybridized carbons (Fsp3) is 0.188. The van der Waals surface area contributed by atoms with Gasteiger partial charge < -0.3 is 4.90 Å². The van der Waals surface area contributed by atoms with E-state index in [-0.39, 0.29) is 12.4 Å². The zero-order chi connectivity index (χ0) is 15.5. The number of hydrogen-bond donors (Lipinski definition) is 0. The van der Waals surface area contributed by atoms with E-state index in [4.69, 9.17) is 0 Å². The molecule has 0 spiro atoms. The van der Waals surface area contributed by atoms with Gasteiger partial charge in [0.2, 0.25) is 5.82 Å². The summed E-state index contributed by atoms with van der Waals surface area (Å²) in [6.45, 7) is 0.259. The van der Waals surface area contributed by atoms with Crippen LogP contribution in [0.15, 0.2) is 48.5 Å². The van der Waals surface area contributed by atoms with Gasteiger partial charge in [0.25, 0.3) is 0 Å². The Morgan fingerprint density at radius 3 is 2.45 bits per heavy atom. The Labute approximate surface area is 128 Å². The molecule has 0 fully saturated rings. The molecule has 0 aliphatic heterocycles. The third kappa shape index (κ3) is 2.95. The molecule has 6 heteroatoms. The monoisotopic (exact) mass is 297 g/mol.